The molecule has 1 unspecified atom stereocenters. The van der Waals surface area contributed by atoms with Crippen LogP contribution in [0.15, 0.2) is 0 Å². The highest BCUT2D eigenvalue weighted by Crippen LogP contribution is 2.24. The summed E-state index contributed by atoms with van der Waals surface area (Å²) < 4.78 is 0. The smallest absolute Gasteiger partial charge is 0.228 e. The Labute approximate surface area is 140 Å². The molecule has 2 aliphatic heterocycles. The molecule has 1 aromatic heterocycles. The third-order valence-corrected chi connectivity index (χ3v) is 5.41. The van der Waals surface area contributed by atoms with Crippen LogP contribution in [-0.2, 0) is 9.59 Å². The molecule has 126 valence electrons. The van der Waals surface area contributed by atoms with Crippen molar-refractivity contribution in [3.8, 4) is 0 Å². The van der Waals surface area contributed by atoms with Crippen molar-refractivity contribution < 1.29 is 9.59 Å². The molecule has 0 aliphatic carbocycles. The van der Waals surface area contributed by atoms with Gasteiger partial charge in [0.15, 0.2) is 0 Å². The van der Waals surface area contributed by atoms with E-state index in [0.717, 1.165) is 23.2 Å². The summed E-state index contributed by atoms with van der Waals surface area (Å²) in [6.45, 7) is 9.41. The van der Waals surface area contributed by atoms with Crippen molar-refractivity contribution in [2.75, 3.05) is 37.6 Å². The van der Waals surface area contributed by atoms with Gasteiger partial charge in [-0.1, -0.05) is 11.3 Å². The second-order valence-electron chi connectivity index (χ2n) is 6.46. The van der Waals surface area contributed by atoms with Crippen LogP contribution in [0.3, 0.4) is 0 Å². The standard InChI is InChI=1S/C15H23N5O2S/c1-10(2)20-9-12(8-13(20)21)14(22)18-4-6-19(7-5-18)15-17-16-11(3)23-15/h10,12H,4-9H2,1-3H3. The molecular weight excluding hydrogens is 314 g/mol. The Bertz CT molecular complexity index is 594. The van der Waals surface area contributed by atoms with Crippen LogP contribution in [0.25, 0.3) is 0 Å². The molecule has 0 spiro atoms. The first-order valence-electron chi connectivity index (χ1n) is 8.09. The highest BCUT2D eigenvalue weighted by atomic mass is 32.1. The molecule has 8 heteroatoms. The fourth-order valence-electron chi connectivity index (χ4n) is 3.19. The van der Waals surface area contributed by atoms with E-state index < -0.39 is 0 Å². The van der Waals surface area contributed by atoms with E-state index in [-0.39, 0.29) is 23.8 Å². The molecular formula is C15H23N5O2S. The topological polar surface area (TPSA) is 69.6 Å². The summed E-state index contributed by atoms with van der Waals surface area (Å²) in [5, 5.41) is 10.1. The number of amides is 2. The zero-order valence-corrected chi connectivity index (χ0v) is 14.7. The Hall–Kier alpha value is -1.70. The first kappa shape index (κ1) is 16.2. The molecule has 2 fully saturated rings. The summed E-state index contributed by atoms with van der Waals surface area (Å²) in [5.74, 6) is 0.0381. The first-order chi connectivity index (χ1) is 11.0. The number of anilines is 1. The van der Waals surface area contributed by atoms with E-state index in [1.165, 1.54) is 0 Å². The lowest BCUT2D eigenvalue weighted by Gasteiger charge is -2.35. The van der Waals surface area contributed by atoms with E-state index in [2.05, 4.69) is 15.1 Å². The Morgan fingerprint density at radius 3 is 2.43 bits per heavy atom. The first-order valence-corrected chi connectivity index (χ1v) is 8.90. The molecule has 0 N–H and O–H groups in total. The molecule has 1 atom stereocenters. The third-order valence-electron chi connectivity index (χ3n) is 4.51. The summed E-state index contributed by atoms with van der Waals surface area (Å²) in [4.78, 5) is 30.5. The fourth-order valence-corrected chi connectivity index (χ4v) is 3.93. The minimum Gasteiger partial charge on any atom is -0.343 e. The lowest BCUT2D eigenvalue weighted by Crippen LogP contribution is -2.50. The number of nitrogens with zero attached hydrogens (tertiary/aromatic N) is 5. The van der Waals surface area contributed by atoms with Crippen molar-refractivity contribution in [2.24, 2.45) is 5.92 Å². The van der Waals surface area contributed by atoms with Gasteiger partial charge in [0.2, 0.25) is 16.9 Å². The molecule has 1 aromatic rings. The third kappa shape index (κ3) is 3.31. The number of piperazine rings is 1. The Balaban J connectivity index is 1.55. The summed E-state index contributed by atoms with van der Waals surface area (Å²) in [6.07, 6.45) is 0.354. The van der Waals surface area contributed by atoms with E-state index >= 15 is 0 Å². The predicted octanol–water partition coefficient (Wildman–Crippen LogP) is 0.752. The maximum absolute atomic E-state index is 12.7. The SMILES string of the molecule is Cc1nnc(N2CCN(C(=O)C3CC(=O)N(C(C)C)C3)CC2)s1. The maximum atomic E-state index is 12.7. The van der Waals surface area contributed by atoms with Crippen LogP contribution in [0, 0.1) is 12.8 Å². The summed E-state index contributed by atoms with van der Waals surface area (Å²) >= 11 is 1.58. The lowest BCUT2D eigenvalue weighted by atomic mass is 10.1. The molecule has 0 radical (unpaired) electrons. The monoisotopic (exact) mass is 337 g/mol. The fraction of sp³-hybridized carbons (Fsp3) is 0.733. The van der Waals surface area contributed by atoms with Gasteiger partial charge in [-0.2, -0.15) is 0 Å². The van der Waals surface area contributed by atoms with Gasteiger partial charge >= 0.3 is 0 Å². The molecule has 0 bridgehead atoms. The number of hydrogen-bond donors (Lipinski definition) is 0. The predicted molar refractivity (Wildman–Crippen MR) is 88.4 cm³/mol. The van der Waals surface area contributed by atoms with Gasteiger partial charge in [-0.3, -0.25) is 9.59 Å². The lowest BCUT2D eigenvalue weighted by molar-refractivity contribution is -0.136. The van der Waals surface area contributed by atoms with Crippen molar-refractivity contribution in [2.45, 2.75) is 33.2 Å². The van der Waals surface area contributed by atoms with Crippen LogP contribution in [0.1, 0.15) is 25.3 Å². The number of aryl methyl sites for hydroxylation is 1. The Morgan fingerprint density at radius 1 is 1.22 bits per heavy atom. The molecule has 2 saturated heterocycles. The van der Waals surface area contributed by atoms with Crippen LogP contribution in [0.2, 0.25) is 0 Å². The van der Waals surface area contributed by atoms with E-state index in [0.29, 0.717) is 26.1 Å². The number of aromatic nitrogens is 2. The minimum absolute atomic E-state index is 0.0984. The van der Waals surface area contributed by atoms with Gasteiger partial charge in [-0.05, 0) is 20.8 Å². The zero-order chi connectivity index (χ0) is 16.6. The summed E-state index contributed by atoms with van der Waals surface area (Å²) in [6, 6.07) is 0.165. The van der Waals surface area contributed by atoms with Crippen molar-refractivity contribution in [1.29, 1.82) is 0 Å². The number of hydrogen-bond acceptors (Lipinski definition) is 6. The minimum atomic E-state index is -0.180. The summed E-state index contributed by atoms with van der Waals surface area (Å²) in [5.41, 5.74) is 0. The molecule has 0 saturated carbocycles. The number of carbonyl (C=O) groups excluding carboxylic acids is 2. The zero-order valence-electron chi connectivity index (χ0n) is 13.9. The van der Waals surface area contributed by atoms with E-state index in [1.54, 1.807) is 11.3 Å². The van der Waals surface area contributed by atoms with Crippen LogP contribution in [-0.4, -0.2) is 70.6 Å². The van der Waals surface area contributed by atoms with E-state index in [9.17, 15) is 9.59 Å². The average Bonchev–Trinajstić information content (AvgIpc) is 3.13. The van der Waals surface area contributed by atoms with Gasteiger partial charge in [0, 0.05) is 45.2 Å². The van der Waals surface area contributed by atoms with Crippen LogP contribution in [0.4, 0.5) is 5.13 Å². The number of rotatable bonds is 3. The van der Waals surface area contributed by atoms with Gasteiger partial charge in [0.05, 0.1) is 5.92 Å². The van der Waals surface area contributed by atoms with Gasteiger partial charge in [0.1, 0.15) is 5.01 Å². The van der Waals surface area contributed by atoms with Crippen LogP contribution < -0.4 is 4.90 Å². The maximum Gasteiger partial charge on any atom is 0.228 e. The average molecular weight is 337 g/mol. The Kier molecular flexibility index (Phi) is 4.52. The highest BCUT2D eigenvalue weighted by molar-refractivity contribution is 7.15. The molecule has 2 aliphatic rings. The molecule has 3 heterocycles. The normalized spacial score (nSPS) is 22.3. The largest absolute Gasteiger partial charge is 0.343 e. The second-order valence-corrected chi connectivity index (χ2v) is 7.62. The molecule has 23 heavy (non-hydrogen) atoms. The van der Waals surface area contributed by atoms with Gasteiger partial charge < -0.3 is 14.7 Å². The second kappa shape index (κ2) is 6.43. The molecule has 0 aromatic carbocycles. The number of carbonyl (C=O) groups is 2. The highest BCUT2D eigenvalue weighted by Gasteiger charge is 2.38. The number of likely N-dealkylation sites (tertiary alicyclic amines) is 1. The van der Waals surface area contributed by atoms with Crippen molar-refractivity contribution in [3.63, 3.8) is 0 Å². The van der Waals surface area contributed by atoms with Crippen molar-refractivity contribution in [1.82, 2.24) is 20.0 Å². The quantitative estimate of drug-likeness (QED) is 0.814. The van der Waals surface area contributed by atoms with Crippen LogP contribution >= 0.6 is 11.3 Å². The van der Waals surface area contributed by atoms with Crippen molar-refractivity contribution >= 4 is 28.3 Å². The van der Waals surface area contributed by atoms with Gasteiger partial charge in [-0.15, -0.1) is 10.2 Å². The van der Waals surface area contributed by atoms with Crippen molar-refractivity contribution in [3.05, 3.63) is 5.01 Å². The summed E-state index contributed by atoms with van der Waals surface area (Å²) in [7, 11) is 0. The molecule has 2 amide bonds. The van der Waals surface area contributed by atoms with Gasteiger partial charge in [0.25, 0.3) is 0 Å². The molecule has 3 rings (SSSR count). The van der Waals surface area contributed by atoms with E-state index in [1.807, 2.05) is 30.6 Å². The van der Waals surface area contributed by atoms with Crippen LogP contribution in [0.5, 0.6) is 0 Å². The molecule has 7 nitrogen and oxygen atoms in total. The van der Waals surface area contributed by atoms with E-state index in [4.69, 9.17) is 0 Å². The Morgan fingerprint density at radius 2 is 1.91 bits per heavy atom. The van der Waals surface area contributed by atoms with Gasteiger partial charge in [-0.25, -0.2) is 0 Å².